The van der Waals surface area contributed by atoms with Crippen LogP contribution in [0, 0.1) is 24.4 Å². The van der Waals surface area contributed by atoms with Crippen LogP contribution in [0.2, 0.25) is 0 Å². The molecule has 5 heteroatoms. The maximum Gasteiger partial charge on any atom is 0.231 e. The standard InChI is InChI=1S/C16H9F3O2/c1-8-5-13(19)10(7-12(8)18)15(20)14-6-9-3-2-4-11(17)16(9)21-14/h2-7H,1H3. The van der Waals surface area contributed by atoms with Gasteiger partial charge in [0.15, 0.2) is 17.2 Å². The van der Waals surface area contributed by atoms with Crippen molar-refractivity contribution in [1.29, 1.82) is 0 Å². The Kier molecular flexibility index (Phi) is 3.05. The molecule has 0 atom stereocenters. The van der Waals surface area contributed by atoms with Gasteiger partial charge in [0.1, 0.15) is 11.6 Å². The summed E-state index contributed by atoms with van der Waals surface area (Å²) >= 11 is 0. The first-order chi connectivity index (χ1) is 9.97. The third-order valence-electron chi connectivity index (χ3n) is 3.21. The molecule has 0 amide bonds. The quantitative estimate of drug-likeness (QED) is 0.655. The van der Waals surface area contributed by atoms with Crippen LogP contribution in [0.25, 0.3) is 11.0 Å². The monoisotopic (exact) mass is 290 g/mol. The van der Waals surface area contributed by atoms with Crippen LogP contribution in [-0.2, 0) is 0 Å². The summed E-state index contributed by atoms with van der Waals surface area (Å²) in [6.45, 7) is 1.39. The lowest BCUT2D eigenvalue weighted by atomic mass is 10.1. The van der Waals surface area contributed by atoms with E-state index in [2.05, 4.69) is 0 Å². The topological polar surface area (TPSA) is 30.2 Å². The Bertz CT molecular complexity index is 865. The first-order valence-corrected chi connectivity index (χ1v) is 6.16. The zero-order valence-corrected chi connectivity index (χ0v) is 10.9. The number of hydrogen-bond donors (Lipinski definition) is 0. The minimum Gasteiger partial charge on any atom is -0.449 e. The fourth-order valence-corrected chi connectivity index (χ4v) is 2.09. The van der Waals surface area contributed by atoms with Crippen LogP contribution in [0.5, 0.6) is 0 Å². The van der Waals surface area contributed by atoms with Gasteiger partial charge in [-0.05, 0) is 36.8 Å². The summed E-state index contributed by atoms with van der Waals surface area (Å²) < 4.78 is 45.9. The molecule has 0 saturated carbocycles. The number of halogens is 3. The Morgan fingerprint density at radius 3 is 2.48 bits per heavy atom. The lowest BCUT2D eigenvalue weighted by molar-refractivity contribution is 0.101. The number of furan rings is 1. The maximum absolute atomic E-state index is 13.8. The minimum atomic E-state index is -0.847. The second-order valence-electron chi connectivity index (χ2n) is 4.68. The second kappa shape index (κ2) is 4.77. The zero-order valence-electron chi connectivity index (χ0n) is 10.9. The van der Waals surface area contributed by atoms with E-state index in [1.807, 2.05) is 0 Å². The van der Waals surface area contributed by atoms with E-state index >= 15 is 0 Å². The van der Waals surface area contributed by atoms with Crippen molar-refractivity contribution in [3.8, 4) is 0 Å². The molecule has 0 bridgehead atoms. The predicted octanol–water partition coefficient (Wildman–Crippen LogP) is 4.39. The van der Waals surface area contributed by atoms with Gasteiger partial charge in [-0.25, -0.2) is 13.2 Å². The van der Waals surface area contributed by atoms with Crippen molar-refractivity contribution in [2.24, 2.45) is 0 Å². The van der Waals surface area contributed by atoms with Gasteiger partial charge in [0, 0.05) is 5.39 Å². The third kappa shape index (κ3) is 2.20. The average Bonchev–Trinajstić information content (AvgIpc) is 2.87. The summed E-state index contributed by atoms with van der Waals surface area (Å²) in [6, 6.07) is 7.27. The normalized spacial score (nSPS) is 11.0. The van der Waals surface area contributed by atoms with Gasteiger partial charge in [-0.15, -0.1) is 0 Å². The summed E-state index contributed by atoms with van der Waals surface area (Å²) in [5.74, 6) is -3.23. The van der Waals surface area contributed by atoms with Gasteiger partial charge in [0.2, 0.25) is 5.78 Å². The van der Waals surface area contributed by atoms with E-state index in [0.29, 0.717) is 5.39 Å². The molecule has 0 fully saturated rings. The summed E-state index contributed by atoms with van der Waals surface area (Å²) in [6.07, 6.45) is 0. The lowest BCUT2D eigenvalue weighted by Gasteiger charge is -2.02. The molecule has 0 aliphatic heterocycles. The average molecular weight is 290 g/mol. The largest absolute Gasteiger partial charge is 0.449 e. The molecule has 3 aromatic rings. The molecule has 106 valence electrons. The molecular weight excluding hydrogens is 281 g/mol. The highest BCUT2D eigenvalue weighted by Crippen LogP contribution is 2.25. The molecule has 0 N–H and O–H groups in total. The van der Waals surface area contributed by atoms with Crippen molar-refractivity contribution in [2.75, 3.05) is 0 Å². The van der Waals surface area contributed by atoms with E-state index in [9.17, 15) is 18.0 Å². The van der Waals surface area contributed by atoms with Crippen molar-refractivity contribution in [2.45, 2.75) is 6.92 Å². The molecule has 0 saturated heterocycles. The summed E-state index contributed by atoms with van der Waals surface area (Å²) in [7, 11) is 0. The SMILES string of the molecule is Cc1cc(F)c(C(=O)c2cc3cccc(F)c3o2)cc1F. The van der Waals surface area contributed by atoms with E-state index in [-0.39, 0.29) is 16.9 Å². The number of aryl methyl sites for hydroxylation is 1. The molecule has 3 rings (SSSR count). The van der Waals surface area contributed by atoms with E-state index in [1.54, 1.807) is 6.07 Å². The molecule has 21 heavy (non-hydrogen) atoms. The van der Waals surface area contributed by atoms with Crippen molar-refractivity contribution < 1.29 is 22.4 Å². The van der Waals surface area contributed by atoms with Crippen LogP contribution in [0.1, 0.15) is 21.7 Å². The lowest BCUT2D eigenvalue weighted by Crippen LogP contribution is -2.04. The fraction of sp³-hybridized carbons (Fsp3) is 0.0625. The smallest absolute Gasteiger partial charge is 0.231 e. The van der Waals surface area contributed by atoms with Crippen LogP contribution in [0.3, 0.4) is 0 Å². The Morgan fingerprint density at radius 1 is 1.00 bits per heavy atom. The maximum atomic E-state index is 13.8. The van der Waals surface area contributed by atoms with Crippen LogP contribution < -0.4 is 0 Å². The van der Waals surface area contributed by atoms with E-state index in [4.69, 9.17) is 4.42 Å². The molecule has 2 aromatic carbocycles. The van der Waals surface area contributed by atoms with E-state index < -0.39 is 28.8 Å². The highest BCUT2D eigenvalue weighted by atomic mass is 19.1. The Hall–Kier alpha value is -2.56. The van der Waals surface area contributed by atoms with Crippen molar-refractivity contribution in [3.05, 3.63) is 70.7 Å². The Balaban J connectivity index is 2.12. The number of rotatable bonds is 2. The van der Waals surface area contributed by atoms with E-state index in [0.717, 1.165) is 12.1 Å². The van der Waals surface area contributed by atoms with Crippen molar-refractivity contribution >= 4 is 16.8 Å². The van der Waals surface area contributed by atoms with Gasteiger partial charge >= 0.3 is 0 Å². The van der Waals surface area contributed by atoms with Gasteiger partial charge in [-0.1, -0.05) is 12.1 Å². The molecule has 1 heterocycles. The third-order valence-corrected chi connectivity index (χ3v) is 3.21. The van der Waals surface area contributed by atoms with Gasteiger partial charge in [-0.2, -0.15) is 0 Å². The number of carbonyl (C=O) groups excluding carboxylic acids is 1. The first kappa shape index (κ1) is 13.4. The number of para-hydroxylation sites is 1. The highest BCUT2D eigenvalue weighted by Gasteiger charge is 2.21. The Labute approximate surface area is 117 Å². The Morgan fingerprint density at radius 2 is 1.76 bits per heavy atom. The molecular formula is C16H9F3O2. The van der Waals surface area contributed by atoms with Crippen LogP contribution in [0.15, 0.2) is 40.8 Å². The van der Waals surface area contributed by atoms with Crippen LogP contribution in [0.4, 0.5) is 13.2 Å². The molecule has 0 aliphatic rings. The summed E-state index contributed by atoms with van der Waals surface area (Å²) in [4.78, 5) is 12.2. The van der Waals surface area contributed by atoms with Gasteiger partial charge < -0.3 is 4.42 Å². The number of ketones is 1. The van der Waals surface area contributed by atoms with Gasteiger partial charge in [0.05, 0.1) is 5.56 Å². The second-order valence-corrected chi connectivity index (χ2v) is 4.68. The zero-order chi connectivity index (χ0) is 15.1. The number of carbonyl (C=O) groups is 1. The van der Waals surface area contributed by atoms with Crippen molar-refractivity contribution in [3.63, 3.8) is 0 Å². The summed E-state index contributed by atoms with van der Waals surface area (Å²) in [5, 5.41) is 0.381. The number of benzene rings is 2. The minimum absolute atomic E-state index is 0.0890. The highest BCUT2D eigenvalue weighted by molar-refractivity contribution is 6.09. The van der Waals surface area contributed by atoms with Gasteiger partial charge in [0.25, 0.3) is 0 Å². The molecule has 1 aromatic heterocycles. The molecule has 0 radical (unpaired) electrons. The molecule has 0 aliphatic carbocycles. The number of fused-ring (bicyclic) bond motifs is 1. The fourth-order valence-electron chi connectivity index (χ4n) is 2.09. The van der Waals surface area contributed by atoms with Crippen LogP contribution >= 0.6 is 0 Å². The first-order valence-electron chi connectivity index (χ1n) is 6.16. The van der Waals surface area contributed by atoms with Crippen LogP contribution in [-0.4, -0.2) is 5.78 Å². The van der Waals surface area contributed by atoms with Gasteiger partial charge in [-0.3, -0.25) is 4.79 Å². The summed E-state index contributed by atoms with van der Waals surface area (Å²) in [5.41, 5.74) is -0.439. The molecule has 2 nitrogen and oxygen atoms in total. The number of hydrogen-bond acceptors (Lipinski definition) is 2. The van der Waals surface area contributed by atoms with Crippen molar-refractivity contribution in [1.82, 2.24) is 0 Å². The molecule has 0 spiro atoms. The predicted molar refractivity (Wildman–Crippen MR) is 70.7 cm³/mol. The van der Waals surface area contributed by atoms with E-state index in [1.165, 1.54) is 25.1 Å². The molecule has 0 unspecified atom stereocenters.